The third kappa shape index (κ3) is 3.47. The van der Waals surface area contributed by atoms with E-state index in [0.29, 0.717) is 6.07 Å². The summed E-state index contributed by atoms with van der Waals surface area (Å²) in [7, 11) is -3.93. The monoisotopic (exact) mass is 314 g/mol. The molecule has 5 nitrogen and oxygen atoms in total. The van der Waals surface area contributed by atoms with E-state index < -0.39 is 21.7 Å². The molecule has 0 fully saturated rings. The molecular formula is C13H12F2N2O3S. The zero-order chi connectivity index (χ0) is 15.6. The molecule has 0 atom stereocenters. The van der Waals surface area contributed by atoms with Crippen LogP contribution < -0.4 is 10.5 Å². The van der Waals surface area contributed by atoms with Crippen molar-refractivity contribution in [2.24, 2.45) is 0 Å². The van der Waals surface area contributed by atoms with E-state index >= 15 is 0 Å². The van der Waals surface area contributed by atoms with E-state index in [1.165, 1.54) is 0 Å². The van der Waals surface area contributed by atoms with Gasteiger partial charge >= 0.3 is 0 Å². The second kappa shape index (κ2) is 5.66. The molecule has 0 radical (unpaired) electrons. The van der Waals surface area contributed by atoms with Crippen LogP contribution in [0, 0.1) is 11.6 Å². The quantitative estimate of drug-likeness (QED) is 0.592. The minimum atomic E-state index is -3.93. The SMILES string of the molecule is Nc1cc(S(=O)(=O)NCc2ccc(F)cc2F)ccc1O. The molecule has 0 aliphatic carbocycles. The third-order valence-corrected chi connectivity index (χ3v) is 4.18. The molecule has 0 spiro atoms. The molecular weight excluding hydrogens is 302 g/mol. The fraction of sp³-hybridized carbons (Fsp3) is 0.0769. The summed E-state index contributed by atoms with van der Waals surface area (Å²) in [5.41, 5.74) is 5.34. The molecule has 0 bridgehead atoms. The molecule has 8 heteroatoms. The average Bonchev–Trinajstić information content (AvgIpc) is 2.40. The molecule has 2 aromatic rings. The number of aromatic hydroxyl groups is 1. The third-order valence-electron chi connectivity index (χ3n) is 2.78. The summed E-state index contributed by atoms with van der Waals surface area (Å²) in [6.45, 7) is -0.338. The summed E-state index contributed by atoms with van der Waals surface area (Å²) in [4.78, 5) is -0.166. The van der Waals surface area contributed by atoms with E-state index in [1.807, 2.05) is 0 Å². The standard InChI is InChI=1S/C13H12F2N2O3S/c14-9-2-1-8(11(15)5-9)7-17-21(19,20)10-3-4-13(18)12(16)6-10/h1-6,17-18H,7,16H2. The maximum atomic E-state index is 13.4. The molecule has 112 valence electrons. The predicted octanol–water partition coefficient (Wildman–Crippen LogP) is 1.73. The van der Waals surface area contributed by atoms with Crippen molar-refractivity contribution in [3.8, 4) is 5.75 Å². The van der Waals surface area contributed by atoms with Gasteiger partial charge in [-0.05, 0) is 24.3 Å². The van der Waals surface area contributed by atoms with Crippen LogP contribution in [0.4, 0.5) is 14.5 Å². The lowest BCUT2D eigenvalue weighted by atomic mass is 10.2. The molecule has 2 rings (SSSR count). The highest BCUT2D eigenvalue weighted by atomic mass is 32.2. The number of anilines is 1. The Morgan fingerprint density at radius 1 is 1.14 bits per heavy atom. The molecule has 0 saturated heterocycles. The normalized spacial score (nSPS) is 11.5. The maximum Gasteiger partial charge on any atom is 0.240 e. The van der Waals surface area contributed by atoms with Gasteiger partial charge in [-0.25, -0.2) is 21.9 Å². The van der Waals surface area contributed by atoms with Crippen LogP contribution in [-0.4, -0.2) is 13.5 Å². The zero-order valence-electron chi connectivity index (χ0n) is 10.7. The average molecular weight is 314 g/mol. The van der Waals surface area contributed by atoms with Crippen molar-refractivity contribution in [1.82, 2.24) is 4.72 Å². The van der Waals surface area contributed by atoms with Gasteiger partial charge in [0.2, 0.25) is 10.0 Å². The molecule has 0 aliphatic rings. The number of halogens is 2. The van der Waals surface area contributed by atoms with Crippen LogP contribution in [0.3, 0.4) is 0 Å². The van der Waals surface area contributed by atoms with E-state index in [2.05, 4.69) is 4.72 Å². The van der Waals surface area contributed by atoms with Gasteiger partial charge in [-0.3, -0.25) is 0 Å². The first-order chi connectivity index (χ1) is 9.79. The van der Waals surface area contributed by atoms with Gasteiger partial charge in [0.15, 0.2) is 0 Å². The van der Waals surface area contributed by atoms with Crippen molar-refractivity contribution in [2.45, 2.75) is 11.4 Å². The molecule has 0 heterocycles. The van der Waals surface area contributed by atoms with Crippen molar-refractivity contribution in [3.05, 3.63) is 53.6 Å². The van der Waals surface area contributed by atoms with Crippen molar-refractivity contribution < 1.29 is 22.3 Å². The van der Waals surface area contributed by atoms with Gasteiger partial charge in [0.05, 0.1) is 10.6 Å². The van der Waals surface area contributed by atoms with Crippen molar-refractivity contribution in [1.29, 1.82) is 0 Å². The Kier molecular flexibility index (Phi) is 4.10. The Bertz CT molecular complexity index is 779. The van der Waals surface area contributed by atoms with Crippen LogP contribution in [0.25, 0.3) is 0 Å². The van der Waals surface area contributed by atoms with Crippen LogP contribution in [0.1, 0.15) is 5.56 Å². The zero-order valence-corrected chi connectivity index (χ0v) is 11.5. The van der Waals surface area contributed by atoms with Gasteiger partial charge in [0.1, 0.15) is 17.4 Å². The molecule has 21 heavy (non-hydrogen) atoms. The number of nitrogens with two attached hydrogens (primary N) is 1. The van der Waals surface area contributed by atoms with E-state index in [9.17, 15) is 22.3 Å². The predicted molar refractivity (Wildman–Crippen MR) is 72.9 cm³/mol. The van der Waals surface area contributed by atoms with Crippen LogP contribution >= 0.6 is 0 Å². The number of sulfonamides is 1. The summed E-state index contributed by atoms with van der Waals surface area (Å²) >= 11 is 0. The van der Waals surface area contributed by atoms with Crippen molar-refractivity contribution in [3.63, 3.8) is 0 Å². The number of benzene rings is 2. The highest BCUT2D eigenvalue weighted by Crippen LogP contribution is 2.23. The smallest absolute Gasteiger partial charge is 0.240 e. The number of nitrogen functional groups attached to an aromatic ring is 1. The summed E-state index contributed by atoms with van der Waals surface area (Å²) in [5.74, 6) is -1.83. The molecule has 4 N–H and O–H groups in total. The lowest BCUT2D eigenvalue weighted by Crippen LogP contribution is -2.23. The molecule has 0 unspecified atom stereocenters. The topological polar surface area (TPSA) is 92.4 Å². The number of hydrogen-bond donors (Lipinski definition) is 3. The lowest BCUT2D eigenvalue weighted by molar-refractivity contribution is 0.477. The highest BCUT2D eigenvalue weighted by molar-refractivity contribution is 7.89. The number of nitrogens with one attached hydrogen (secondary N) is 1. The Labute approximate surface area is 120 Å². The van der Waals surface area contributed by atoms with Gasteiger partial charge in [-0.15, -0.1) is 0 Å². The Hall–Kier alpha value is -2.19. The molecule has 2 aromatic carbocycles. The number of hydrogen-bond acceptors (Lipinski definition) is 4. The minimum absolute atomic E-state index is 0.00623. The van der Waals surface area contributed by atoms with Crippen LogP contribution in [0.2, 0.25) is 0 Å². The van der Waals surface area contributed by atoms with Crippen molar-refractivity contribution in [2.75, 3.05) is 5.73 Å². The Morgan fingerprint density at radius 2 is 1.86 bits per heavy atom. The number of rotatable bonds is 4. The van der Waals surface area contributed by atoms with Gasteiger partial charge in [0.25, 0.3) is 0 Å². The van der Waals surface area contributed by atoms with E-state index in [-0.39, 0.29) is 28.4 Å². The molecule has 0 aromatic heterocycles. The second-order valence-electron chi connectivity index (χ2n) is 4.28. The van der Waals surface area contributed by atoms with Crippen molar-refractivity contribution >= 4 is 15.7 Å². The largest absolute Gasteiger partial charge is 0.506 e. The summed E-state index contributed by atoms with van der Waals surface area (Å²) in [5, 5.41) is 9.25. The van der Waals surface area contributed by atoms with E-state index in [4.69, 9.17) is 5.73 Å². The molecule has 0 amide bonds. The molecule has 0 saturated carbocycles. The van der Waals surface area contributed by atoms with E-state index in [0.717, 1.165) is 30.3 Å². The van der Waals surface area contributed by atoms with E-state index in [1.54, 1.807) is 0 Å². The maximum absolute atomic E-state index is 13.4. The number of phenolic OH excluding ortho intramolecular Hbond substituents is 1. The Balaban J connectivity index is 2.19. The van der Waals surface area contributed by atoms with Gasteiger partial charge in [-0.1, -0.05) is 6.07 Å². The van der Waals surface area contributed by atoms with Gasteiger partial charge in [0, 0.05) is 18.2 Å². The first kappa shape index (κ1) is 15.2. The fourth-order valence-corrected chi connectivity index (χ4v) is 2.66. The lowest BCUT2D eigenvalue weighted by Gasteiger charge is -2.09. The minimum Gasteiger partial charge on any atom is -0.506 e. The Morgan fingerprint density at radius 3 is 2.48 bits per heavy atom. The second-order valence-corrected chi connectivity index (χ2v) is 6.05. The van der Waals surface area contributed by atoms with Crippen LogP contribution in [0.15, 0.2) is 41.3 Å². The fourth-order valence-electron chi connectivity index (χ4n) is 1.62. The summed E-state index contributed by atoms with van der Waals surface area (Å²) < 4.78 is 52.3. The van der Waals surface area contributed by atoms with Gasteiger partial charge < -0.3 is 10.8 Å². The molecule has 0 aliphatic heterocycles. The highest BCUT2D eigenvalue weighted by Gasteiger charge is 2.16. The first-order valence-corrected chi connectivity index (χ1v) is 7.30. The van der Waals surface area contributed by atoms with Crippen LogP contribution in [-0.2, 0) is 16.6 Å². The summed E-state index contributed by atoms with van der Waals surface area (Å²) in [6, 6.07) is 6.24. The van der Waals surface area contributed by atoms with Crippen LogP contribution in [0.5, 0.6) is 5.75 Å². The summed E-state index contributed by atoms with van der Waals surface area (Å²) in [6.07, 6.45) is 0. The number of phenols is 1. The van der Waals surface area contributed by atoms with Gasteiger partial charge in [-0.2, -0.15) is 0 Å². The first-order valence-electron chi connectivity index (χ1n) is 5.82.